The van der Waals surface area contributed by atoms with Crippen LogP contribution in [0.3, 0.4) is 0 Å². The van der Waals surface area contributed by atoms with E-state index in [1.54, 1.807) is 0 Å². The summed E-state index contributed by atoms with van der Waals surface area (Å²) in [6.45, 7) is 0.286. The van der Waals surface area contributed by atoms with Crippen molar-refractivity contribution < 1.29 is 20.1 Å². The maximum atomic E-state index is 8.73. The molecule has 0 amide bonds. The van der Waals surface area contributed by atoms with Crippen LogP contribution in [0.25, 0.3) is 0 Å². The minimum atomic E-state index is -0.611. The highest BCUT2D eigenvalue weighted by molar-refractivity contribution is 4.83. The summed E-state index contributed by atoms with van der Waals surface area (Å²) in [6, 6.07) is 0. The quantitative estimate of drug-likeness (QED) is 0.383. The summed E-state index contributed by atoms with van der Waals surface area (Å²) in [4.78, 5) is 0. The molecule has 0 atom stereocenters. The third-order valence-corrected chi connectivity index (χ3v) is 1.76. The molecule has 0 spiro atoms. The van der Waals surface area contributed by atoms with E-state index in [9.17, 15) is 0 Å². The average Bonchev–Trinajstić information content (AvgIpc) is 2.55. The van der Waals surface area contributed by atoms with Gasteiger partial charge in [0.2, 0.25) is 0 Å². The van der Waals surface area contributed by atoms with Gasteiger partial charge in [0.05, 0.1) is 19.9 Å². The lowest BCUT2D eigenvalue weighted by Gasteiger charge is -2.22. The minimum absolute atomic E-state index is 0.0660. The van der Waals surface area contributed by atoms with E-state index in [-0.39, 0.29) is 19.9 Å². The molecule has 0 aromatic rings. The van der Waals surface area contributed by atoms with Crippen molar-refractivity contribution in [3.05, 3.63) is 0 Å². The molecule has 0 aliphatic carbocycles. The summed E-state index contributed by atoms with van der Waals surface area (Å²) >= 11 is 0. The molecule has 5 heteroatoms. The van der Waals surface area contributed by atoms with Crippen LogP contribution in [0.5, 0.6) is 0 Å². The first-order valence-corrected chi connectivity index (χ1v) is 3.91. The van der Waals surface area contributed by atoms with Crippen molar-refractivity contribution in [1.82, 2.24) is 0 Å². The van der Waals surface area contributed by atoms with Crippen LogP contribution >= 0.6 is 0 Å². The molecule has 5 N–H and O–H groups in total. The molecule has 1 aliphatic heterocycles. The Labute approximate surface area is 71.8 Å². The molecule has 0 radical (unpaired) electrons. The zero-order valence-corrected chi connectivity index (χ0v) is 7.07. The summed E-state index contributed by atoms with van der Waals surface area (Å²) in [6.07, 6.45) is 1.72. The van der Waals surface area contributed by atoms with Crippen molar-refractivity contribution in [2.45, 2.75) is 18.4 Å². The van der Waals surface area contributed by atoms with E-state index in [1.807, 2.05) is 0 Å². The van der Waals surface area contributed by atoms with Gasteiger partial charge in [0.15, 0.2) is 0 Å². The Bertz CT molecular complexity index is 97.6. The topological polar surface area (TPSA) is 95.9 Å². The molecule has 1 fully saturated rings. The van der Waals surface area contributed by atoms with Gasteiger partial charge in [0, 0.05) is 6.61 Å². The van der Waals surface area contributed by atoms with Gasteiger partial charge < -0.3 is 25.8 Å². The smallest absolute Gasteiger partial charge is 0.114 e. The highest BCUT2D eigenvalue weighted by Crippen LogP contribution is 2.23. The lowest BCUT2D eigenvalue weighted by atomic mass is 10.0. The SMILES string of the molecule is NCO.OCC1(CO)CCCO1. The first-order valence-electron chi connectivity index (χ1n) is 3.91. The number of hydrogen-bond donors (Lipinski definition) is 4. The van der Waals surface area contributed by atoms with Gasteiger partial charge in [-0.1, -0.05) is 0 Å². The number of aliphatic hydroxyl groups excluding tert-OH is 3. The van der Waals surface area contributed by atoms with Crippen LogP contribution in [-0.4, -0.2) is 47.5 Å². The van der Waals surface area contributed by atoms with E-state index in [0.717, 1.165) is 12.8 Å². The predicted octanol–water partition coefficient (Wildman–Crippen LogP) is -1.58. The molecule has 74 valence electrons. The second kappa shape index (κ2) is 6.33. The Hall–Kier alpha value is -0.200. The van der Waals surface area contributed by atoms with Crippen LogP contribution < -0.4 is 5.73 Å². The van der Waals surface area contributed by atoms with E-state index < -0.39 is 5.60 Å². The number of rotatable bonds is 2. The summed E-state index contributed by atoms with van der Waals surface area (Å²) < 4.78 is 5.14. The Kier molecular flexibility index (Phi) is 6.23. The summed E-state index contributed by atoms with van der Waals surface area (Å²) in [5.74, 6) is 0. The minimum Gasteiger partial charge on any atom is -0.393 e. The van der Waals surface area contributed by atoms with Gasteiger partial charge in [-0.25, -0.2) is 0 Å². The van der Waals surface area contributed by atoms with E-state index in [0.29, 0.717) is 6.61 Å². The molecule has 0 aromatic heterocycles. The molecule has 5 nitrogen and oxygen atoms in total. The second-order valence-corrected chi connectivity index (χ2v) is 2.63. The lowest BCUT2D eigenvalue weighted by Crippen LogP contribution is -2.36. The molecule has 0 unspecified atom stereocenters. The first kappa shape index (κ1) is 11.8. The predicted molar refractivity (Wildman–Crippen MR) is 43.4 cm³/mol. The highest BCUT2D eigenvalue weighted by atomic mass is 16.5. The van der Waals surface area contributed by atoms with Crippen molar-refractivity contribution in [2.75, 3.05) is 26.6 Å². The fourth-order valence-electron chi connectivity index (χ4n) is 1.05. The van der Waals surface area contributed by atoms with Crippen molar-refractivity contribution in [3.8, 4) is 0 Å². The van der Waals surface area contributed by atoms with Crippen LogP contribution in [-0.2, 0) is 4.74 Å². The molecule has 0 bridgehead atoms. The molecular formula is C7H17NO4. The molecule has 12 heavy (non-hydrogen) atoms. The fraction of sp³-hybridized carbons (Fsp3) is 1.00. The van der Waals surface area contributed by atoms with E-state index in [4.69, 9.17) is 20.1 Å². The highest BCUT2D eigenvalue weighted by Gasteiger charge is 2.33. The molecule has 1 aliphatic rings. The van der Waals surface area contributed by atoms with Gasteiger partial charge in [0.25, 0.3) is 0 Å². The lowest BCUT2D eigenvalue weighted by molar-refractivity contribution is -0.0718. The summed E-state index contributed by atoms with van der Waals surface area (Å²) in [5, 5.41) is 24.8. The second-order valence-electron chi connectivity index (χ2n) is 2.63. The van der Waals surface area contributed by atoms with E-state index in [1.165, 1.54) is 0 Å². The number of aliphatic hydroxyl groups is 3. The van der Waals surface area contributed by atoms with Crippen molar-refractivity contribution in [1.29, 1.82) is 0 Å². The third kappa shape index (κ3) is 3.46. The third-order valence-electron chi connectivity index (χ3n) is 1.76. The van der Waals surface area contributed by atoms with Crippen LogP contribution in [0.4, 0.5) is 0 Å². The van der Waals surface area contributed by atoms with Gasteiger partial charge in [0.1, 0.15) is 5.60 Å². The van der Waals surface area contributed by atoms with E-state index >= 15 is 0 Å². The van der Waals surface area contributed by atoms with Crippen molar-refractivity contribution in [3.63, 3.8) is 0 Å². The number of ether oxygens (including phenoxy) is 1. The normalized spacial score (nSPS) is 20.0. The largest absolute Gasteiger partial charge is 0.393 e. The zero-order chi connectivity index (χ0) is 9.45. The maximum Gasteiger partial charge on any atom is 0.114 e. The molecule has 1 heterocycles. The standard InChI is InChI=1S/C6H12O3.CH5NO/c7-4-6(5-8)2-1-3-9-6;2-1-3/h7-8H,1-5H2;3H,1-2H2. The Morgan fingerprint density at radius 2 is 1.75 bits per heavy atom. The van der Waals surface area contributed by atoms with Crippen LogP contribution in [0.1, 0.15) is 12.8 Å². The molecule has 1 saturated heterocycles. The van der Waals surface area contributed by atoms with E-state index in [2.05, 4.69) is 5.73 Å². The molecule has 0 saturated carbocycles. The van der Waals surface area contributed by atoms with Gasteiger partial charge >= 0.3 is 0 Å². The Morgan fingerprint density at radius 3 is 1.92 bits per heavy atom. The van der Waals surface area contributed by atoms with Gasteiger partial charge in [-0.2, -0.15) is 0 Å². The van der Waals surface area contributed by atoms with Gasteiger partial charge in [-0.15, -0.1) is 0 Å². The number of hydrogen-bond acceptors (Lipinski definition) is 5. The molecule has 0 aromatic carbocycles. The molecular weight excluding hydrogens is 162 g/mol. The number of nitrogens with two attached hydrogens (primary N) is 1. The van der Waals surface area contributed by atoms with Crippen LogP contribution in [0.2, 0.25) is 0 Å². The Balaban J connectivity index is 0.000000354. The monoisotopic (exact) mass is 179 g/mol. The fourth-order valence-corrected chi connectivity index (χ4v) is 1.05. The van der Waals surface area contributed by atoms with Gasteiger partial charge in [-0.3, -0.25) is 0 Å². The van der Waals surface area contributed by atoms with Crippen LogP contribution in [0.15, 0.2) is 0 Å². The summed E-state index contributed by atoms with van der Waals surface area (Å²) in [5.41, 5.74) is 3.79. The van der Waals surface area contributed by atoms with Crippen LogP contribution in [0, 0.1) is 0 Å². The maximum absolute atomic E-state index is 8.73. The van der Waals surface area contributed by atoms with Gasteiger partial charge in [-0.05, 0) is 12.8 Å². The molecule has 1 rings (SSSR count). The summed E-state index contributed by atoms with van der Waals surface area (Å²) in [7, 11) is 0. The first-order chi connectivity index (χ1) is 5.74. The average molecular weight is 179 g/mol. The zero-order valence-electron chi connectivity index (χ0n) is 7.07. The Morgan fingerprint density at radius 1 is 1.25 bits per heavy atom. The van der Waals surface area contributed by atoms with Crippen molar-refractivity contribution in [2.24, 2.45) is 5.73 Å². The van der Waals surface area contributed by atoms with Crippen molar-refractivity contribution >= 4 is 0 Å².